The average Bonchev–Trinajstić information content (AvgIpc) is 2.58. The highest BCUT2D eigenvalue weighted by molar-refractivity contribution is 5.36. The van der Waals surface area contributed by atoms with Crippen molar-refractivity contribution in [2.75, 3.05) is 26.2 Å². The normalized spacial score (nSPS) is 21.2. The molecule has 0 aliphatic carbocycles. The van der Waals surface area contributed by atoms with Crippen LogP contribution >= 0.6 is 0 Å². The van der Waals surface area contributed by atoms with Crippen LogP contribution in [0.5, 0.6) is 0 Å². The lowest BCUT2D eigenvalue weighted by Crippen LogP contribution is -3.27. The van der Waals surface area contributed by atoms with Crippen LogP contribution in [0, 0.1) is 11.3 Å². The van der Waals surface area contributed by atoms with Gasteiger partial charge in [0.05, 0.1) is 11.6 Å². The van der Waals surface area contributed by atoms with Gasteiger partial charge in [0.15, 0.2) is 0 Å². The van der Waals surface area contributed by atoms with Crippen molar-refractivity contribution in [1.29, 1.82) is 5.26 Å². The van der Waals surface area contributed by atoms with E-state index >= 15 is 0 Å². The number of hydrogen-bond acceptors (Lipinski definition) is 1. The van der Waals surface area contributed by atoms with Gasteiger partial charge in [-0.1, -0.05) is 48.5 Å². The number of benzene rings is 2. The molecular formula is C19H23N3+2. The monoisotopic (exact) mass is 293 g/mol. The summed E-state index contributed by atoms with van der Waals surface area (Å²) in [6.45, 7) is 6.88. The Hall–Kier alpha value is -2.15. The smallest absolute Gasteiger partial charge is 0.127 e. The van der Waals surface area contributed by atoms with Crippen molar-refractivity contribution >= 4 is 0 Å². The van der Waals surface area contributed by atoms with Gasteiger partial charge in [0, 0.05) is 11.1 Å². The first kappa shape index (κ1) is 14.8. The Morgan fingerprint density at radius 3 is 2.05 bits per heavy atom. The van der Waals surface area contributed by atoms with Gasteiger partial charge in [-0.25, -0.2) is 0 Å². The standard InChI is InChI=1S/C19H21N3/c20-14-18-8-4-5-9-19(18)16-22-12-10-21(11-13-22)15-17-6-2-1-3-7-17/h1-9H,10-13,15-16H2/p+2. The largest absolute Gasteiger partial charge is 0.322 e. The first-order valence-electron chi connectivity index (χ1n) is 8.04. The lowest BCUT2D eigenvalue weighted by molar-refractivity contribution is -1.02. The molecule has 0 radical (unpaired) electrons. The van der Waals surface area contributed by atoms with E-state index in [0.29, 0.717) is 0 Å². The van der Waals surface area contributed by atoms with Gasteiger partial charge in [-0.2, -0.15) is 5.26 Å². The average molecular weight is 293 g/mol. The second kappa shape index (κ2) is 7.22. The van der Waals surface area contributed by atoms with Gasteiger partial charge >= 0.3 is 0 Å². The van der Waals surface area contributed by atoms with Crippen molar-refractivity contribution in [1.82, 2.24) is 0 Å². The molecule has 1 saturated heterocycles. The minimum absolute atomic E-state index is 0.828. The second-order valence-corrected chi connectivity index (χ2v) is 6.11. The van der Waals surface area contributed by atoms with E-state index in [-0.39, 0.29) is 0 Å². The fourth-order valence-electron chi connectivity index (χ4n) is 3.25. The molecule has 0 aromatic heterocycles. The van der Waals surface area contributed by atoms with Gasteiger partial charge in [-0.05, 0) is 6.07 Å². The van der Waals surface area contributed by atoms with E-state index in [0.717, 1.165) is 18.7 Å². The first-order chi connectivity index (χ1) is 10.8. The maximum atomic E-state index is 9.19. The minimum atomic E-state index is 0.828. The molecule has 0 amide bonds. The highest BCUT2D eigenvalue weighted by Gasteiger charge is 2.23. The summed E-state index contributed by atoms with van der Waals surface area (Å²) in [7, 11) is 0. The number of nitrogens with zero attached hydrogens (tertiary/aromatic N) is 1. The van der Waals surface area contributed by atoms with Crippen LogP contribution in [0.1, 0.15) is 16.7 Å². The molecule has 2 N–H and O–H groups in total. The Balaban J connectivity index is 1.53. The molecule has 22 heavy (non-hydrogen) atoms. The molecule has 112 valence electrons. The molecule has 3 rings (SSSR count). The first-order valence-corrected chi connectivity index (χ1v) is 8.04. The zero-order valence-electron chi connectivity index (χ0n) is 12.9. The van der Waals surface area contributed by atoms with Crippen molar-refractivity contribution in [3.63, 3.8) is 0 Å². The SMILES string of the molecule is N#Cc1ccccc1C[NH+]1CC[NH+](Cc2ccccc2)CC1. The second-order valence-electron chi connectivity index (χ2n) is 6.11. The summed E-state index contributed by atoms with van der Waals surface area (Å²) in [6.07, 6.45) is 0. The zero-order chi connectivity index (χ0) is 15.2. The van der Waals surface area contributed by atoms with Crippen molar-refractivity contribution in [3.8, 4) is 6.07 Å². The van der Waals surface area contributed by atoms with Gasteiger partial charge in [-0.15, -0.1) is 0 Å². The molecule has 3 heteroatoms. The Bertz CT molecular complexity index is 637. The van der Waals surface area contributed by atoms with Crippen LogP contribution in [0.15, 0.2) is 54.6 Å². The highest BCUT2D eigenvalue weighted by Crippen LogP contribution is 2.05. The van der Waals surface area contributed by atoms with Gasteiger partial charge in [0.25, 0.3) is 0 Å². The molecule has 0 unspecified atom stereocenters. The Morgan fingerprint density at radius 2 is 1.36 bits per heavy atom. The lowest BCUT2D eigenvalue weighted by atomic mass is 10.1. The fraction of sp³-hybridized carbons (Fsp3) is 0.316. The molecule has 1 aliphatic heterocycles. The predicted octanol–water partition coefficient (Wildman–Crippen LogP) is 0.0419. The molecule has 0 spiro atoms. The molecule has 1 heterocycles. The molecular weight excluding hydrogens is 270 g/mol. The minimum Gasteiger partial charge on any atom is -0.322 e. The molecule has 2 aromatic carbocycles. The summed E-state index contributed by atoms with van der Waals surface area (Å²) in [5, 5.41) is 9.19. The van der Waals surface area contributed by atoms with Crippen molar-refractivity contribution < 1.29 is 9.80 Å². The van der Waals surface area contributed by atoms with Crippen LogP contribution in [-0.4, -0.2) is 26.2 Å². The van der Waals surface area contributed by atoms with Gasteiger partial charge in [-0.3, -0.25) is 0 Å². The maximum Gasteiger partial charge on any atom is 0.127 e. The van der Waals surface area contributed by atoms with E-state index in [1.54, 1.807) is 9.80 Å². The predicted molar refractivity (Wildman–Crippen MR) is 86.4 cm³/mol. The topological polar surface area (TPSA) is 32.7 Å². The van der Waals surface area contributed by atoms with E-state index in [4.69, 9.17) is 0 Å². The third kappa shape index (κ3) is 3.73. The molecule has 1 aliphatic rings. The lowest BCUT2D eigenvalue weighted by Gasteiger charge is -2.30. The maximum absolute atomic E-state index is 9.19. The van der Waals surface area contributed by atoms with Crippen molar-refractivity contribution in [2.24, 2.45) is 0 Å². The summed E-state index contributed by atoms with van der Waals surface area (Å²) < 4.78 is 0. The Morgan fingerprint density at radius 1 is 0.773 bits per heavy atom. The number of nitrogens with one attached hydrogen (secondary N) is 2. The van der Waals surface area contributed by atoms with Gasteiger partial charge in [0.1, 0.15) is 39.3 Å². The van der Waals surface area contributed by atoms with E-state index in [1.807, 2.05) is 18.2 Å². The molecule has 0 bridgehead atoms. The van der Waals surface area contributed by atoms with Crippen molar-refractivity contribution in [2.45, 2.75) is 13.1 Å². The number of hydrogen-bond donors (Lipinski definition) is 2. The fourth-order valence-corrected chi connectivity index (χ4v) is 3.25. The van der Waals surface area contributed by atoms with Crippen LogP contribution in [-0.2, 0) is 13.1 Å². The quantitative estimate of drug-likeness (QED) is 0.820. The third-order valence-corrected chi connectivity index (χ3v) is 4.54. The summed E-state index contributed by atoms with van der Waals surface area (Å²) in [5.74, 6) is 0. The molecule has 2 aromatic rings. The summed E-state index contributed by atoms with van der Waals surface area (Å²) in [6, 6.07) is 21.1. The Labute approximate surface area is 132 Å². The number of nitriles is 1. The molecule has 1 fully saturated rings. The number of rotatable bonds is 4. The van der Waals surface area contributed by atoms with E-state index in [2.05, 4.69) is 42.5 Å². The number of piperazine rings is 1. The van der Waals surface area contributed by atoms with E-state index < -0.39 is 0 Å². The van der Waals surface area contributed by atoms with Crippen LogP contribution in [0.3, 0.4) is 0 Å². The van der Waals surface area contributed by atoms with E-state index in [9.17, 15) is 5.26 Å². The van der Waals surface area contributed by atoms with Crippen LogP contribution < -0.4 is 9.80 Å². The van der Waals surface area contributed by atoms with Crippen LogP contribution in [0.25, 0.3) is 0 Å². The summed E-state index contributed by atoms with van der Waals surface area (Å²) in [4.78, 5) is 3.27. The third-order valence-electron chi connectivity index (χ3n) is 4.54. The molecule has 3 nitrogen and oxygen atoms in total. The van der Waals surface area contributed by atoms with Crippen LogP contribution in [0.2, 0.25) is 0 Å². The summed E-state index contributed by atoms with van der Waals surface area (Å²) >= 11 is 0. The van der Waals surface area contributed by atoms with E-state index in [1.165, 1.54) is 37.3 Å². The summed E-state index contributed by atoms with van der Waals surface area (Å²) in [5.41, 5.74) is 3.44. The van der Waals surface area contributed by atoms with Crippen LogP contribution in [0.4, 0.5) is 0 Å². The zero-order valence-corrected chi connectivity index (χ0v) is 12.9. The van der Waals surface area contributed by atoms with Gasteiger partial charge < -0.3 is 9.80 Å². The number of quaternary nitrogens is 2. The highest BCUT2D eigenvalue weighted by atomic mass is 15.3. The molecule has 0 atom stereocenters. The Kier molecular flexibility index (Phi) is 4.85. The van der Waals surface area contributed by atoms with Gasteiger partial charge in [0.2, 0.25) is 0 Å². The molecule has 0 saturated carbocycles. The van der Waals surface area contributed by atoms with Crippen molar-refractivity contribution in [3.05, 3.63) is 71.3 Å².